The SMILES string of the molecule is CC(CCO)NC(C)CC(F)(F)F. The summed E-state index contributed by atoms with van der Waals surface area (Å²) in [4.78, 5) is 0. The minimum atomic E-state index is -4.12. The Morgan fingerprint density at radius 1 is 1.23 bits per heavy atom. The summed E-state index contributed by atoms with van der Waals surface area (Å²) >= 11 is 0. The molecule has 0 saturated heterocycles. The van der Waals surface area contributed by atoms with Crippen LogP contribution in [0, 0.1) is 0 Å². The zero-order chi connectivity index (χ0) is 10.5. The second-order valence-corrected chi connectivity index (χ2v) is 3.30. The van der Waals surface area contributed by atoms with E-state index in [2.05, 4.69) is 5.32 Å². The van der Waals surface area contributed by atoms with E-state index < -0.39 is 18.6 Å². The van der Waals surface area contributed by atoms with Crippen LogP contribution in [0.1, 0.15) is 26.7 Å². The molecule has 0 fully saturated rings. The molecule has 0 aromatic rings. The van der Waals surface area contributed by atoms with E-state index in [0.29, 0.717) is 6.42 Å². The number of alkyl halides is 3. The lowest BCUT2D eigenvalue weighted by Gasteiger charge is -2.20. The van der Waals surface area contributed by atoms with E-state index in [9.17, 15) is 13.2 Å². The first kappa shape index (κ1) is 12.7. The Kier molecular flexibility index (Phi) is 5.32. The van der Waals surface area contributed by atoms with Crippen LogP contribution in [0.2, 0.25) is 0 Å². The third-order valence-electron chi connectivity index (χ3n) is 1.67. The Labute approximate surface area is 76.1 Å². The largest absolute Gasteiger partial charge is 0.396 e. The van der Waals surface area contributed by atoms with Crippen molar-refractivity contribution in [2.45, 2.75) is 44.9 Å². The van der Waals surface area contributed by atoms with Crippen molar-refractivity contribution in [1.29, 1.82) is 0 Å². The third kappa shape index (κ3) is 8.05. The number of rotatable bonds is 5. The van der Waals surface area contributed by atoms with E-state index in [1.54, 1.807) is 6.92 Å². The smallest absolute Gasteiger partial charge is 0.390 e. The van der Waals surface area contributed by atoms with Crippen LogP contribution in [0.4, 0.5) is 13.2 Å². The van der Waals surface area contributed by atoms with Crippen molar-refractivity contribution in [3.05, 3.63) is 0 Å². The molecule has 2 nitrogen and oxygen atoms in total. The first-order valence-corrected chi connectivity index (χ1v) is 4.29. The monoisotopic (exact) mass is 199 g/mol. The molecule has 80 valence electrons. The summed E-state index contributed by atoms with van der Waals surface area (Å²) in [6.45, 7) is 3.23. The van der Waals surface area contributed by atoms with Gasteiger partial charge in [-0.2, -0.15) is 13.2 Å². The molecular weight excluding hydrogens is 183 g/mol. The van der Waals surface area contributed by atoms with Crippen molar-refractivity contribution in [2.24, 2.45) is 0 Å². The fraction of sp³-hybridized carbons (Fsp3) is 1.00. The molecule has 0 radical (unpaired) electrons. The van der Waals surface area contributed by atoms with Crippen LogP contribution in [0.15, 0.2) is 0 Å². The van der Waals surface area contributed by atoms with Crippen LogP contribution in [-0.2, 0) is 0 Å². The Bertz CT molecular complexity index is 138. The molecule has 5 heteroatoms. The van der Waals surface area contributed by atoms with Crippen molar-refractivity contribution in [3.8, 4) is 0 Å². The summed E-state index contributed by atoms with van der Waals surface area (Å²) in [5.74, 6) is 0. The number of hydrogen-bond donors (Lipinski definition) is 2. The molecule has 0 bridgehead atoms. The van der Waals surface area contributed by atoms with Crippen molar-refractivity contribution >= 4 is 0 Å². The van der Waals surface area contributed by atoms with E-state index >= 15 is 0 Å². The topological polar surface area (TPSA) is 32.3 Å². The fourth-order valence-corrected chi connectivity index (χ4v) is 1.17. The highest BCUT2D eigenvalue weighted by Gasteiger charge is 2.30. The Hall–Kier alpha value is -0.290. The first-order chi connectivity index (χ1) is 5.85. The lowest BCUT2D eigenvalue weighted by Crippen LogP contribution is -2.37. The van der Waals surface area contributed by atoms with Crippen molar-refractivity contribution in [2.75, 3.05) is 6.61 Å². The van der Waals surface area contributed by atoms with Crippen molar-refractivity contribution in [3.63, 3.8) is 0 Å². The Morgan fingerprint density at radius 2 is 1.77 bits per heavy atom. The minimum Gasteiger partial charge on any atom is -0.396 e. The maximum atomic E-state index is 11.9. The van der Waals surface area contributed by atoms with Crippen molar-refractivity contribution < 1.29 is 18.3 Å². The van der Waals surface area contributed by atoms with Crippen LogP contribution in [0.5, 0.6) is 0 Å². The average Bonchev–Trinajstić information content (AvgIpc) is 1.81. The summed E-state index contributed by atoms with van der Waals surface area (Å²) in [6.07, 6.45) is -4.48. The second kappa shape index (κ2) is 5.44. The summed E-state index contributed by atoms with van der Waals surface area (Å²) in [5.41, 5.74) is 0. The number of nitrogens with one attached hydrogen (secondary N) is 1. The van der Waals surface area contributed by atoms with Crippen LogP contribution in [0.25, 0.3) is 0 Å². The summed E-state index contributed by atoms with van der Waals surface area (Å²) in [7, 11) is 0. The van der Waals surface area contributed by atoms with Gasteiger partial charge in [0.25, 0.3) is 0 Å². The van der Waals surface area contributed by atoms with Gasteiger partial charge in [-0.3, -0.25) is 0 Å². The number of aliphatic hydroxyl groups excluding tert-OH is 1. The highest BCUT2D eigenvalue weighted by atomic mass is 19.4. The molecule has 0 aliphatic carbocycles. The van der Waals surface area contributed by atoms with Gasteiger partial charge < -0.3 is 10.4 Å². The number of hydrogen-bond acceptors (Lipinski definition) is 2. The third-order valence-corrected chi connectivity index (χ3v) is 1.67. The van der Waals surface area contributed by atoms with Gasteiger partial charge in [0.2, 0.25) is 0 Å². The van der Waals surface area contributed by atoms with Gasteiger partial charge >= 0.3 is 6.18 Å². The fourth-order valence-electron chi connectivity index (χ4n) is 1.17. The molecule has 0 aliphatic heterocycles. The Morgan fingerprint density at radius 3 is 2.15 bits per heavy atom. The molecule has 0 aromatic carbocycles. The molecule has 0 rings (SSSR count). The normalized spacial score (nSPS) is 17.1. The van der Waals surface area contributed by atoms with E-state index in [0.717, 1.165) is 0 Å². The molecule has 2 N–H and O–H groups in total. The summed E-state index contributed by atoms with van der Waals surface area (Å²) < 4.78 is 35.6. The maximum absolute atomic E-state index is 11.9. The van der Waals surface area contributed by atoms with Crippen molar-refractivity contribution in [1.82, 2.24) is 5.32 Å². The molecule has 0 spiro atoms. The molecule has 0 aliphatic rings. The number of aliphatic hydroxyl groups is 1. The van der Waals surface area contributed by atoms with Gasteiger partial charge in [0.15, 0.2) is 0 Å². The van der Waals surface area contributed by atoms with E-state index in [1.165, 1.54) is 6.92 Å². The molecule has 0 amide bonds. The molecule has 13 heavy (non-hydrogen) atoms. The van der Waals surface area contributed by atoms with E-state index in [4.69, 9.17) is 5.11 Å². The van der Waals surface area contributed by atoms with Gasteiger partial charge in [0.05, 0.1) is 6.42 Å². The van der Waals surface area contributed by atoms with Gasteiger partial charge in [-0.15, -0.1) is 0 Å². The van der Waals surface area contributed by atoms with Gasteiger partial charge in [-0.25, -0.2) is 0 Å². The lowest BCUT2D eigenvalue weighted by atomic mass is 10.1. The zero-order valence-electron chi connectivity index (χ0n) is 7.86. The lowest BCUT2D eigenvalue weighted by molar-refractivity contribution is -0.139. The standard InChI is InChI=1S/C8H16F3NO/c1-6(3-4-13)12-7(2)5-8(9,10)11/h6-7,12-13H,3-5H2,1-2H3. The highest BCUT2D eigenvalue weighted by Crippen LogP contribution is 2.21. The van der Waals surface area contributed by atoms with Gasteiger partial charge in [-0.05, 0) is 20.3 Å². The predicted molar refractivity (Wildman–Crippen MR) is 44.4 cm³/mol. The number of halogens is 3. The summed E-state index contributed by atoms with van der Waals surface area (Å²) in [6, 6.07) is -0.677. The predicted octanol–water partition coefficient (Wildman–Crippen LogP) is 1.69. The quantitative estimate of drug-likeness (QED) is 0.706. The average molecular weight is 199 g/mol. The van der Waals surface area contributed by atoms with Crippen LogP contribution >= 0.6 is 0 Å². The van der Waals surface area contributed by atoms with E-state index in [-0.39, 0.29) is 12.6 Å². The van der Waals surface area contributed by atoms with Gasteiger partial charge in [0.1, 0.15) is 0 Å². The van der Waals surface area contributed by atoms with E-state index in [1.807, 2.05) is 0 Å². The second-order valence-electron chi connectivity index (χ2n) is 3.30. The minimum absolute atomic E-state index is 0.00704. The molecule has 0 saturated carbocycles. The molecule has 2 unspecified atom stereocenters. The zero-order valence-corrected chi connectivity index (χ0v) is 7.86. The molecular formula is C8H16F3NO. The molecule has 2 atom stereocenters. The van der Waals surface area contributed by atoms with Crippen LogP contribution in [-0.4, -0.2) is 30.0 Å². The van der Waals surface area contributed by atoms with Crippen LogP contribution in [0.3, 0.4) is 0 Å². The molecule has 0 heterocycles. The maximum Gasteiger partial charge on any atom is 0.390 e. The van der Waals surface area contributed by atoms with Gasteiger partial charge in [-0.1, -0.05) is 0 Å². The first-order valence-electron chi connectivity index (χ1n) is 4.29. The highest BCUT2D eigenvalue weighted by molar-refractivity contribution is 4.70. The van der Waals surface area contributed by atoms with Crippen LogP contribution < -0.4 is 5.32 Å². The Balaban J connectivity index is 3.67. The van der Waals surface area contributed by atoms with Gasteiger partial charge in [0, 0.05) is 18.7 Å². The molecule has 0 aromatic heterocycles. The summed E-state index contributed by atoms with van der Waals surface area (Å²) in [5, 5.41) is 11.3.